The topological polar surface area (TPSA) is 50.2 Å². The molecule has 18 heavy (non-hydrogen) atoms. The van der Waals surface area contributed by atoms with E-state index in [1.807, 2.05) is 11.9 Å². The van der Waals surface area contributed by atoms with Crippen LogP contribution in [-0.2, 0) is 24.3 Å². The summed E-state index contributed by atoms with van der Waals surface area (Å²) in [6.45, 7) is 4.20. The molecular formula is C13H20N4O. The highest BCUT2D eigenvalue weighted by Gasteiger charge is 2.29. The van der Waals surface area contributed by atoms with Crippen molar-refractivity contribution in [1.29, 1.82) is 0 Å². The molecule has 2 heterocycles. The summed E-state index contributed by atoms with van der Waals surface area (Å²) < 4.78 is 2.16. The van der Waals surface area contributed by atoms with Gasteiger partial charge in [0.25, 0.3) is 0 Å². The fraction of sp³-hybridized carbons (Fsp3) is 0.692. The summed E-state index contributed by atoms with van der Waals surface area (Å²) in [5, 5.41) is 7.81. The molecule has 0 spiro atoms. The molecule has 1 aromatic rings. The first kappa shape index (κ1) is 11.6. The Labute approximate surface area is 107 Å². The number of rotatable bonds is 3. The average molecular weight is 248 g/mol. The van der Waals surface area contributed by atoms with Crippen molar-refractivity contribution in [2.24, 2.45) is 5.92 Å². The van der Waals surface area contributed by atoms with Gasteiger partial charge in [0, 0.05) is 44.7 Å². The minimum absolute atomic E-state index is 0.151. The Balaban J connectivity index is 1.89. The molecule has 1 aliphatic carbocycles. The number of fused-ring (bicyclic) bond motifs is 1. The second kappa shape index (κ2) is 4.30. The molecule has 98 valence electrons. The van der Waals surface area contributed by atoms with Crippen LogP contribution in [0.1, 0.15) is 31.0 Å². The summed E-state index contributed by atoms with van der Waals surface area (Å²) in [6.07, 6.45) is 3.60. The molecular weight excluding hydrogens is 228 g/mol. The lowest BCUT2D eigenvalue weighted by atomic mass is 10.1. The minimum Gasteiger partial charge on any atom is -0.371 e. The van der Waals surface area contributed by atoms with E-state index in [2.05, 4.69) is 15.1 Å². The van der Waals surface area contributed by atoms with Gasteiger partial charge in [-0.3, -0.25) is 9.48 Å². The van der Waals surface area contributed by atoms with Crippen LogP contribution in [-0.4, -0.2) is 34.2 Å². The van der Waals surface area contributed by atoms with Gasteiger partial charge < -0.3 is 10.2 Å². The number of anilines is 1. The van der Waals surface area contributed by atoms with Crippen LogP contribution in [0.25, 0.3) is 0 Å². The number of nitrogens with zero attached hydrogens (tertiary/aromatic N) is 3. The number of nitrogens with one attached hydrogen (secondary N) is 1. The normalized spacial score (nSPS) is 18.7. The van der Waals surface area contributed by atoms with Crippen LogP contribution >= 0.6 is 0 Å². The van der Waals surface area contributed by atoms with Gasteiger partial charge in [0.1, 0.15) is 0 Å². The number of hydrogen-bond acceptors (Lipinski definition) is 3. The molecule has 1 amide bonds. The summed E-state index contributed by atoms with van der Waals surface area (Å²) in [6, 6.07) is 0. The zero-order chi connectivity index (χ0) is 12.7. The van der Waals surface area contributed by atoms with E-state index in [0.29, 0.717) is 6.54 Å². The Morgan fingerprint density at radius 1 is 1.50 bits per heavy atom. The highest BCUT2D eigenvalue weighted by Crippen LogP contribution is 2.33. The van der Waals surface area contributed by atoms with Crippen molar-refractivity contribution >= 4 is 11.7 Å². The lowest BCUT2D eigenvalue weighted by Gasteiger charge is -2.26. The molecule has 0 bridgehead atoms. The van der Waals surface area contributed by atoms with Crippen LogP contribution in [0.4, 0.5) is 5.82 Å². The Morgan fingerprint density at radius 3 is 2.89 bits per heavy atom. The highest BCUT2D eigenvalue weighted by atomic mass is 16.2. The lowest BCUT2D eigenvalue weighted by molar-refractivity contribution is -0.129. The first-order valence-electron chi connectivity index (χ1n) is 6.71. The second-order valence-corrected chi connectivity index (χ2v) is 5.34. The molecule has 1 aliphatic heterocycles. The van der Waals surface area contributed by atoms with E-state index in [0.717, 1.165) is 31.2 Å². The number of carbonyl (C=O) groups excluding carboxylic acids is 1. The Morgan fingerprint density at radius 2 is 2.28 bits per heavy atom. The molecule has 0 radical (unpaired) electrons. The maximum atomic E-state index is 11.5. The third-order valence-electron chi connectivity index (χ3n) is 3.94. The van der Waals surface area contributed by atoms with E-state index in [1.54, 1.807) is 6.92 Å². The molecule has 1 N–H and O–H groups in total. The van der Waals surface area contributed by atoms with Crippen LogP contribution in [0.15, 0.2) is 0 Å². The molecule has 2 aliphatic rings. The first-order chi connectivity index (χ1) is 8.69. The molecule has 1 aromatic heterocycles. The Hall–Kier alpha value is -1.52. The summed E-state index contributed by atoms with van der Waals surface area (Å²) in [4.78, 5) is 13.4. The van der Waals surface area contributed by atoms with E-state index in [4.69, 9.17) is 0 Å². The number of hydrogen-bond donors (Lipinski definition) is 1. The number of amides is 1. The van der Waals surface area contributed by atoms with Crippen molar-refractivity contribution in [1.82, 2.24) is 14.7 Å². The van der Waals surface area contributed by atoms with Gasteiger partial charge in [-0.2, -0.15) is 5.10 Å². The molecule has 0 atom stereocenters. The van der Waals surface area contributed by atoms with Crippen molar-refractivity contribution < 1.29 is 4.79 Å². The van der Waals surface area contributed by atoms with Crippen molar-refractivity contribution in [2.75, 3.05) is 18.9 Å². The van der Waals surface area contributed by atoms with E-state index in [1.165, 1.54) is 24.1 Å². The smallest absolute Gasteiger partial charge is 0.219 e. The molecule has 5 nitrogen and oxygen atoms in total. The van der Waals surface area contributed by atoms with Gasteiger partial charge >= 0.3 is 0 Å². The van der Waals surface area contributed by atoms with Crippen molar-refractivity contribution in [3.8, 4) is 0 Å². The minimum atomic E-state index is 0.151. The third-order valence-corrected chi connectivity index (χ3v) is 3.94. The SMILES string of the molecule is CNc1nn(CC2CC2)c2c1CN(C(C)=O)CC2. The van der Waals surface area contributed by atoms with E-state index >= 15 is 0 Å². The molecule has 5 heteroatoms. The van der Waals surface area contributed by atoms with Crippen LogP contribution < -0.4 is 5.32 Å². The van der Waals surface area contributed by atoms with Crippen LogP contribution in [0.2, 0.25) is 0 Å². The molecule has 0 aromatic carbocycles. The first-order valence-corrected chi connectivity index (χ1v) is 6.71. The molecule has 0 saturated heterocycles. The molecule has 1 fully saturated rings. The van der Waals surface area contributed by atoms with Gasteiger partial charge in [-0.05, 0) is 18.8 Å². The Bertz CT molecular complexity index is 476. The van der Waals surface area contributed by atoms with E-state index < -0.39 is 0 Å². The maximum absolute atomic E-state index is 11.5. The van der Waals surface area contributed by atoms with Gasteiger partial charge in [0.05, 0.1) is 6.54 Å². The van der Waals surface area contributed by atoms with Gasteiger partial charge in [0.2, 0.25) is 5.91 Å². The maximum Gasteiger partial charge on any atom is 0.219 e. The molecule has 1 saturated carbocycles. The monoisotopic (exact) mass is 248 g/mol. The van der Waals surface area contributed by atoms with Gasteiger partial charge in [0.15, 0.2) is 5.82 Å². The second-order valence-electron chi connectivity index (χ2n) is 5.34. The fourth-order valence-electron chi connectivity index (χ4n) is 2.66. The van der Waals surface area contributed by atoms with Crippen molar-refractivity contribution in [3.05, 3.63) is 11.3 Å². The zero-order valence-corrected chi connectivity index (χ0v) is 11.1. The third kappa shape index (κ3) is 1.98. The van der Waals surface area contributed by atoms with Gasteiger partial charge in [-0.1, -0.05) is 0 Å². The van der Waals surface area contributed by atoms with Crippen molar-refractivity contribution in [3.63, 3.8) is 0 Å². The lowest BCUT2D eigenvalue weighted by Crippen LogP contribution is -2.34. The van der Waals surface area contributed by atoms with Gasteiger partial charge in [-0.25, -0.2) is 0 Å². The number of carbonyl (C=O) groups is 1. The molecule has 3 rings (SSSR count). The largest absolute Gasteiger partial charge is 0.371 e. The number of aromatic nitrogens is 2. The zero-order valence-electron chi connectivity index (χ0n) is 11.1. The van der Waals surface area contributed by atoms with Crippen LogP contribution in [0, 0.1) is 5.92 Å². The standard InChI is InChI=1S/C13H20N4O/c1-9(18)16-6-5-12-11(8-16)13(14-2)15-17(12)7-10-3-4-10/h10H,3-8H2,1-2H3,(H,14,15). The van der Waals surface area contributed by atoms with Crippen LogP contribution in [0.5, 0.6) is 0 Å². The van der Waals surface area contributed by atoms with E-state index in [9.17, 15) is 4.79 Å². The van der Waals surface area contributed by atoms with Crippen LogP contribution in [0.3, 0.4) is 0 Å². The predicted molar refractivity (Wildman–Crippen MR) is 69.3 cm³/mol. The van der Waals surface area contributed by atoms with E-state index in [-0.39, 0.29) is 5.91 Å². The fourth-order valence-corrected chi connectivity index (χ4v) is 2.66. The molecule has 0 unspecified atom stereocenters. The summed E-state index contributed by atoms with van der Waals surface area (Å²) in [5.41, 5.74) is 2.53. The highest BCUT2D eigenvalue weighted by molar-refractivity contribution is 5.74. The van der Waals surface area contributed by atoms with Gasteiger partial charge in [-0.15, -0.1) is 0 Å². The summed E-state index contributed by atoms with van der Waals surface area (Å²) >= 11 is 0. The summed E-state index contributed by atoms with van der Waals surface area (Å²) in [5.74, 6) is 1.92. The summed E-state index contributed by atoms with van der Waals surface area (Å²) in [7, 11) is 1.90. The average Bonchev–Trinajstić information content (AvgIpc) is 3.11. The predicted octanol–water partition coefficient (Wildman–Crippen LogP) is 1.24. The Kier molecular flexibility index (Phi) is 2.76. The van der Waals surface area contributed by atoms with Crippen molar-refractivity contribution in [2.45, 2.75) is 39.3 Å². The quantitative estimate of drug-likeness (QED) is 0.875.